The lowest BCUT2D eigenvalue weighted by molar-refractivity contribution is -0.139. The number of aliphatic carboxylic acids is 1. The van der Waals surface area contributed by atoms with E-state index in [2.05, 4.69) is 20.5 Å². The van der Waals surface area contributed by atoms with Gasteiger partial charge in [-0.15, -0.1) is 5.10 Å². The van der Waals surface area contributed by atoms with Crippen molar-refractivity contribution in [2.24, 2.45) is 10.2 Å². The Morgan fingerprint density at radius 3 is 2.70 bits per heavy atom. The highest BCUT2D eigenvalue weighted by molar-refractivity contribution is 8.15. The lowest BCUT2D eigenvalue weighted by Gasteiger charge is -2.12. The number of aromatic nitrogens is 1. The quantitative estimate of drug-likeness (QED) is 0.529. The van der Waals surface area contributed by atoms with Crippen molar-refractivity contribution in [2.75, 3.05) is 0 Å². The molecule has 1 unspecified atom stereocenters. The van der Waals surface area contributed by atoms with Gasteiger partial charge in [0.25, 0.3) is 0 Å². The van der Waals surface area contributed by atoms with E-state index >= 15 is 0 Å². The fourth-order valence-electron chi connectivity index (χ4n) is 2.31. The Morgan fingerprint density at radius 2 is 2.03 bits per heavy atom. The molecular formula is C18H13F3N4O4S. The zero-order valence-electron chi connectivity index (χ0n) is 15.0. The Bertz CT molecular complexity index is 1010. The van der Waals surface area contributed by atoms with Gasteiger partial charge in [0.05, 0.1) is 12.6 Å². The maximum absolute atomic E-state index is 13.0. The minimum Gasteiger partial charge on any atom is -0.481 e. The second-order valence-electron chi connectivity index (χ2n) is 5.87. The van der Waals surface area contributed by atoms with Crippen LogP contribution in [0, 0.1) is 0 Å². The summed E-state index contributed by atoms with van der Waals surface area (Å²) in [5.41, 5.74) is -0.413. The molecule has 0 radical (unpaired) electrons. The number of hydrogen-bond donors (Lipinski definition) is 2. The maximum Gasteiger partial charge on any atom is 0.421 e. The second kappa shape index (κ2) is 8.95. The molecule has 156 valence electrons. The minimum absolute atomic E-state index is 0.151. The second-order valence-corrected chi connectivity index (χ2v) is 7.06. The number of amidine groups is 1. The number of nitrogens with one attached hydrogen (secondary N) is 1. The Kier molecular flexibility index (Phi) is 6.35. The molecule has 1 aromatic heterocycles. The predicted octanol–water partition coefficient (Wildman–Crippen LogP) is 3.29. The number of carboxylic acid groups (broad SMARTS) is 1. The van der Waals surface area contributed by atoms with Crippen LogP contribution in [0.4, 0.5) is 13.2 Å². The first-order valence-electron chi connectivity index (χ1n) is 8.33. The van der Waals surface area contributed by atoms with E-state index in [0.717, 1.165) is 17.8 Å². The molecule has 0 saturated carbocycles. The number of alkyl halides is 3. The van der Waals surface area contributed by atoms with Crippen LogP contribution in [0.5, 0.6) is 11.6 Å². The van der Waals surface area contributed by atoms with Gasteiger partial charge in [-0.2, -0.15) is 18.3 Å². The predicted molar refractivity (Wildman–Crippen MR) is 103 cm³/mol. The third-order valence-corrected chi connectivity index (χ3v) is 4.74. The summed E-state index contributed by atoms with van der Waals surface area (Å²) in [5.74, 6) is -1.95. The van der Waals surface area contributed by atoms with Crippen LogP contribution in [0.3, 0.4) is 0 Å². The van der Waals surface area contributed by atoms with Gasteiger partial charge in [-0.05, 0) is 42.0 Å². The fraction of sp³-hybridized carbons (Fsp3) is 0.167. The molecule has 12 heteroatoms. The van der Waals surface area contributed by atoms with E-state index in [-0.39, 0.29) is 17.3 Å². The van der Waals surface area contributed by atoms with Gasteiger partial charge in [-0.1, -0.05) is 11.8 Å². The summed E-state index contributed by atoms with van der Waals surface area (Å²) in [6.07, 6.45) is -2.36. The number of carbonyl (C=O) groups is 2. The van der Waals surface area contributed by atoms with E-state index < -0.39 is 34.7 Å². The zero-order valence-corrected chi connectivity index (χ0v) is 15.8. The van der Waals surface area contributed by atoms with Crippen molar-refractivity contribution in [1.82, 2.24) is 10.3 Å². The largest absolute Gasteiger partial charge is 0.481 e. The lowest BCUT2D eigenvalue weighted by Crippen LogP contribution is -2.26. The van der Waals surface area contributed by atoms with Crippen molar-refractivity contribution in [3.8, 4) is 11.6 Å². The summed E-state index contributed by atoms with van der Waals surface area (Å²) in [4.78, 5) is 25.9. The van der Waals surface area contributed by atoms with Gasteiger partial charge in [0, 0.05) is 6.20 Å². The van der Waals surface area contributed by atoms with Crippen molar-refractivity contribution >= 4 is 35.0 Å². The van der Waals surface area contributed by atoms with Gasteiger partial charge in [0.2, 0.25) is 11.8 Å². The molecule has 1 fully saturated rings. The minimum atomic E-state index is -4.59. The molecule has 2 aromatic rings. The van der Waals surface area contributed by atoms with Crippen molar-refractivity contribution in [3.05, 3.63) is 53.7 Å². The Balaban J connectivity index is 1.63. The number of carbonyl (C=O) groups excluding carboxylic acids is 1. The molecule has 8 nitrogen and oxygen atoms in total. The normalized spacial score (nSPS) is 18.0. The molecular weight excluding hydrogens is 425 g/mol. The Hall–Kier alpha value is -3.41. The number of thioether (sulfide) groups is 1. The van der Waals surface area contributed by atoms with Crippen molar-refractivity contribution in [2.45, 2.75) is 17.8 Å². The monoisotopic (exact) mass is 438 g/mol. The number of amides is 1. The summed E-state index contributed by atoms with van der Waals surface area (Å²) in [5, 5.41) is 18.2. The molecule has 0 bridgehead atoms. The van der Waals surface area contributed by atoms with Crippen molar-refractivity contribution in [1.29, 1.82) is 0 Å². The molecule has 3 rings (SSSR count). The highest BCUT2D eigenvalue weighted by Crippen LogP contribution is 2.36. The number of ether oxygens (including phenoxy) is 1. The maximum atomic E-state index is 13.0. The molecule has 1 aliphatic heterocycles. The first kappa shape index (κ1) is 21.3. The standard InChI is InChI=1S/C18H13F3N4O4S/c19-18(20,21)12-2-1-7-22-16(12)29-11-5-3-10(4-6-11)9-23-25-17-24-15(28)13(30-17)8-14(26)27/h1-7,9,13H,8H2,(H,26,27)(H,24,25,28). The van der Waals surface area contributed by atoms with Gasteiger partial charge in [0.15, 0.2) is 5.17 Å². The average Bonchev–Trinajstić information content (AvgIpc) is 3.01. The van der Waals surface area contributed by atoms with Crippen molar-refractivity contribution in [3.63, 3.8) is 0 Å². The number of carboxylic acids is 1. The SMILES string of the molecule is O=C(O)CC1SC(=NN=Cc2ccc(Oc3ncccc3C(F)(F)F)cc2)NC1=O. The Morgan fingerprint density at radius 1 is 1.30 bits per heavy atom. The first-order valence-corrected chi connectivity index (χ1v) is 9.21. The summed E-state index contributed by atoms with van der Waals surface area (Å²) in [6.45, 7) is 0. The third-order valence-electron chi connectivity index (χ3n) is 3.66. The van der Waals surface area contributed by atoms with E-state index in [9.17, 15) is 22.8 Å². The van der Waals surface area contributed by atoms with Crippen LogP contribution < -0.4 is 10.1 Å². The first-order chi connectivity index (χ1) is 14.2. The van der Waals surface area contributed by atoms with E-state index in [1.807, 2.05) is 0 Å². The highest BCUT2D eigenvalue weighted by atomic mass is 32.2. The molecule has 0 aliphatic carbocycles. The number of benzene rings is 1. The van der Waals surface area contributed by atoms with E-state index in [1.165, 1.54) is 30.6 Å². The molecule has 1 saturated heterocycles. The number of nitrogens with zero attached hydrogens (tertiary/aromatic N) is 3. The summed E-state index contributed by atoms with van der Waals surface area (Å²) >= 11 is 0.965. The van der Waals surface area contributed by atoms with Crippen LogP contribution >= 0.6 is 11.8 Å². The lowest BCUT2D eigenvalue weighted by atomic mass is 10.2. The molecule has 1 aromatic carbocycles. The van der Waals surface area contributed by atoms with Crippen LogP contribution in [0.1, 0.15) is 17.5 Å². The summed E-state index contributed by atoms with van der Waals surface area (Å²) in [6, 6.07) is 8.03. The van der Waals surface area contributed by atoms with Gasteiger partial charge in [-0.3, -0.25) is 9.59 Å². The van der Waals surface area contributed by atoms with Crippen LogP contribution in [-0.4, -0.2) is 38.6 Å². The smallest absolute Gasteiger partial charge is 0.421 e. The van der Waals surface area contributed by atoms with E-state index in [4.69, 9.17) is 9.84 Å². The van der Waals surface area contributed by atoms with Crippen LogP contribution in [0.2, 0.25) is 0 Å². The van der Waals surface area contributed by atoms with Crippen molar-refractivity contribution < 1.29 is 32.6 Å². The fourth-order valence-corrected chi connectivity index (χ4v) is 3.23. The van der Waals surface area contributed by atoms with Crippen LogP contribution in [0.15, 0.2) is 52.8 Å². The molecule has 1 atom stereocenters. The molecule has 1 amide bonds. The topological polar surface area (TPSA) is 113 Å². The number of hydrogen-bond acceptors (Lipinski definition) is 7. The Labute approximate surface area is 171 Å². The molecule has 2 N–H and O–H groups in total. The molecule has 2 heterocycles. The summed E-state index contributed by atoms with van der Waals surface area (Å²) in [7, 11) is 0. The molecule has 30 heavy (non-hydrogen) atoms. The number of halogens is 3. The van der Waals surface area contributed by atoms with E-state index in [0.29, 0.717) is 5.56 Å². The van der Waals surface area contributed by atoms with Crippen LogP contribution in [0.25, 0.3) is 0 Å². The number of rotatable bonds is 6. The van der Waals surface area contributed by atoms with Crippen LogP contribution in [-0.2, 0) is 15.8 Å². The average molecular weight is 438 g/mol. The molecule has 0 spiro atoms. The highest BCUT2D eigenvalue weighted by Gasteiger charge is 2.35. The molecule has 1 aliphatic rings. The van der Waals surface area contributed by atoms with Gasteiger partial charge in [-0.25, -0.2) is 4.98 Å². The van der Waals surface area contributed by atoms with Gasteiger partial charge in [0.1, 0.15) is 16.6 Å². The van der Waals surface area contributed by atoms with Gasteiger partial charge >= 0.3 is 12.1 Å². The van der Waals surface area contributed by atoms with E-state index in [1.54, 1.807) is 12.1 Å². The van der Waals surface area contributed by atoms with Gasteiger partial charge < -0.3 is 15.2 Å². The zero-order chi connectivity index (χ0) is 21.7. The summed E-state index contributed by atoms with van der Waals surface area (Å²) < 4.78 is 44.2. The third kappa shape index (κ3) is 5.56. The number of pyridine rings is 1.